The standard InChI is InChI=1S/C6H9N3O2/c1-9-5(3-7-8-9)6(10)4-11-2/h3H,4H2,1-2H3. The lowest BCUT2D eigenvalue weighted by atomic mass is 10.3. The number of rotatable bonds is 3. The number of carbonyl (C=O) groups is 1. The second-order valence-corrected chi connectivity index (χ2v) is 2.10. The normalized spacial score (nSPS) is 10.0. The molecule has 0 aromatic carbocycles. The van der Waals surface area contributed by atoms with E-state index in [0.29, 0.717) is 5.69 Å². The maximum absolute atomic E-state index is 11.1. The Balaban J connectivity index is 2.76. The minimum atomic E-state index is -0.111. The van der Waals surface area contributed by atoms with Crippen LogP contribution in [0.25, 0.3) is 0 Å². The van der Waals surface area contributed by atoms with E-state index in [-0.39, 0.29) is 12.4 Å². The van der Waals surface area contributed by atoms with Crippen molar-refractivity contribution in [1.29, 1.82) is 0 Å². The molecule has 0 aliphatic heterocycles. The number of ketones is 1. The van der Waals surface area contributed by atoms with Gasteiger partial charge in [-0.1, -0.05) is 5.21 Å². The summed E-state index contributed by atoms with van der Waals surface area (Å²) in [4.78, 5) is 11.1. The summed E-state index contributed by atoms with van der Waals surface area (Å²) in [6.45, 7) is 0.0706. The Bertz CT molecular complexity index is 256. The van der Waals surface area contributed by atoms with Crippen molar-refractivity contribution < 1.29 is 9.53 Å². The van der Waals surface area contributed by atoms with Crippen molar-refractivity contribution in [2.75, 3.05) is 13.7 Å². The van der Waals surface area contributed by atoms with Crippen LogP contribution in [0.2, 0.25) is 0 Å². The van der Waals surface area contributed by atoms with Crippen molar-refractivity contribution in [3.63, 3.8) is 0 Å². The summed E-state index contributed by atoms with van der Waals surface area (Å²) < 4.78 is 6.08. The molecule has 1 aromatic rings. The van der Waals surface area contributed by atoms with Gasteiger partial charge in [0.1, 0.15) is 12.3 Å². The first-order valence-corrected chi connectivity index (χ1v) is 3.12. The van der Waals surface area contributed by atoms with Gasteiger partial charge in [0.15, 0.2) is 0 Å². The fraction of sp³-hybridized carbons (Fsp3) is 0.500. The number of aryl methyl sites for hydroxylation is 1. The molecule has 5 heteroatoms. The van der Waals surface area contributed by atoms with Crippen molar-refractivity contribution in [2.24, 2.45) is 7.05 Å². The number of aromatic nitrogens is 3. The van der Waals surface area contributed by atoms with E-state index in [4.69, 9.17) is 0 Å². The number of methoxy groups -OCH3 is 1. The molecule has 0 saturated carbocycles. The Kier molecular flexibility index (Phi) is 2.32. The van der Waals surface area contributed by atoms with Gasteiger partial charge in [0, 0.05) is 14.2 Å². The highest BCUT2D eigenvalue weighted by Crippen LogP contribution is 1.94. The molecule has 0 spiro atoms. The van der Waals surface area contributed by atoms with Gasteiger partial charge in [0.05, 0.1) is 6.20 Å². The first-order chi connectivity index (χ1) is 5.25. The molecule has 1 rings (SSSR count). The van der Waals surface area contributed by atoms with Gasteiger partial charge in [-0.15, -0.1) is 5.10 Å². The van der Waals surface area contributed by atoms with Crippen LogP contribution in [-0.2, 0) is 11.8 Å². The van der Waals surface area contributed by atoms with Gasteiger partial charge < -0.3 is 4.74 Å². The predicted molar refractivity (Wildman–Crippen MR) is 37.2 cm³/mol. The predicted octanol–water partition coefficient (Wildman–Crippen LogP) is -0.356. The molecule has 0 radical (unpaired) electrons. The molecule has 1 heterocycles. The lowest BCUT2D eigenvalue weighted by Gasteiger charge is -1.96. The zero-order valence-corrected chi connectivity index (χ0v) is 6.44. The van der Waals surface area contributed by atoms with Gasteiger partial charge in [-0.05, 0) is 0 Å². The number of hydrogen-bond acceptors (Lipinski definition) is 4. The average Bonchev–Trinajstić information content (AvgIpc) is 2.36. The van der Waals surface area contributed by atoms with Crippen LogP contribution >= 0.6 is 0 Å². The van der Waals surface area contributed by atoms with Crippen molar-refractivity contribution >= 4 is 5.78 Å². The topological polar surface area (TPSA) is 57.0 Å². The summed E-state index contributed by atoms with van der Waals surface area (Å²) >= 11 is 0. The summed E-state index contributed by atoms with van der Waals surface area (Å²) in [6.07, 6.45) is 1.42. The molecule has 0 fully saturated rings. The number of hydrogen-bond donors (Lipinski definition) is 0. The molecule has 1 aromatic heterocycles. The Labute approximate surface area is 64.0 Å². The lowest BCUT2D eigenvalue weighted by Crippen LogP contribution is -2.11. The Morgan fingerprint density at radius 2 is 2.55 bits per heavy atom. The molecule has 11 heavy (non-hydrogen) atoms. The summed E-state index contributed by atoms with van der Waals surface area (Å²) in [5.74, 6) is -0.111. The van der Waals surface area contributed by atoms with Crippen LogP contribution in [-0.4, -0.2) is 34.5 Å². The van der Waals surface area contributed by atoms with Gasteiger partial charge in [-0.25, -0.2) is 4.68 Å². The van der Waals surface area contributed by atoms with Gasteiger partial charge >= 0.3 is 0 Å². The highest BCUT2D eigenvalue weighted by atomic mass is 16.5. The number of Topliss-reactive ketones (excluding diaryl/α,β-unsaturated/α-hetero) is 1. The van der Waals surface area contributed by atoms with E-state index in [9.17, 15) is 4.79 Å². The van der Waals surface area contributed by atoms with Crippen molar-refractivity contribution in [3.8, 4) is 0 Å². The van der Waals surface area contributed by atoms with E-state index in [1.165, 1.54) is 18.0 Å². The quantitative estimate of drug-likeness (QED) is 0.559. The molecule has 0 saturated heterocycles. The van der Waals surface area contributed by atoms with Crippen LogP contribution in [0.5, 0.6) is 0 Å². The first-order valence-electron chi connectivity index (χ1n) is 3.12. The molecule has 0 N–H and O–H groups in total. The number of nitrogens with zero attached hydrogens (tertiary/aromatic N) is 3. The number of ether oxygens (including phenoxy) is 1. The summed E-state index contributed by atoms with van der Waals surface area (Å²) in [5, 5.41) is 7.17. The summed E-state index contributed by atoms with van der Waals surface area (Å²) in [5.41, 5.74) is 0.465. The van der Waals surface area contributed by atoms with Crippen LogP contribution in [0.15, 0.2) is 6.20 Å². The zero-order valence-electron chi connectivity index (χ0n) is 6.44. The summed E-state index contributed by atoms with van der Waals surface area (Å²) in [6, 6.07) is 0. The van der Waals surface area contributed by atoms with E-state index in [2.05, 4.69) is 15.0 Å². The Hall–Kier alpha value is -1.23. The molecule has 0 unspecified atom stereocenters. The lowest BCUT2D eigenvalue weighted by molar-refractivity contribution is 0.0838. The zero-order chi connectivity index (χ0) is 8.27. The molecule has 0 amide bonds. The van der Waals surface area contributed by atoms with Crippen molar-refractivity contribution in [2.45, 2.75) is 0 Å². The van der Waals surface area contributed by atoms with Crippen molar-refractivity contribution in [3.05, 3.63) is 11.9 Å². The molecule has 5 nitrogen and oxygen atoms in total. The van der Waals surface area contributed by atoms with Gasteiger partial charge in [0.2, 0.25) is 5.78 Å². The minimum absolute atomic E-state index is 0.0706. The average molecular weight is 155 g/mol. The molecule has 0 aliphatic carbocycles. The molecule has 0 bridgehead atoms. The van der Waals surface area contributed by atoms with E-state index in [0.717, 1.165) is 0 Å². The fourth-order valence-electron chi connectivity index (χ4n) is 0.747. The monoisotopic (exact) mass is 155 g/mol. The maximum atomic E-state index is 11.1. The van der Waals surface area contributed by atoms with Crippen molar-refractivity contribution in [1.82, 2.24) is 15.0 Å². The fourth-order valence-corrected chi connectivity index (χ4v) is 0.747. The van der Waals surface area contributed by atoms with Gasteiger partial charge in [0.25, 0.3) is 0 Å². The smallest absolute Gasteiger partial charge is 0.208 e. The highest BCUT2D eigenvalue weighted by molar-refractivity contribution is 5.95. The molecular weight excluding hydrogens is 146 g/mol. The third kappa shape index (κ3) is 1.62. The maximum Gasteiger partial charge on any atom is 0.208 e. The molecule has 0 aliphatic rings. The summed E-state index contributed by atoms with van der Waals surface area (Å²) in [7, 11) is 3.14. The third-order valence-electron chi connectivity index (χ3n) is 1.28. The Morgan fingerprint density at radius 1 is 1.82 bits per heavy atom. The second-order valence-electron chi connectivity index (χ2n) is 2.10. The van der Waals surface area contributed by atoms with Crippen LogP contribution in [0.4, 0.5) is 0 Å². The largest absolute Gasteiger partial charge is 0.376 e. The van der Waals surface area contributed by atoms with Gasteiger partial charge in [-0.3, -0.25) is 4.79 Å². The molecule has 0 atom stereocenters. The van der Waals surface area contributed by atoms with E-state index in [1.807, 2.05) is 0 Å². The highest BCUT2D eigenvalue weighted by Gasteiger charge is 2.09. The van der Waals surface area contributed by atoms with Crippen LogP contribution in [0.1, 0.15) is 10.5 Å². The minimum Gasteiger partial charge on any atom is -0.376 e. The van der Waals surface area contributed by atoms with E-state index < -0.39 is 0 Å². The molecular formula is C6H9N3O2. The third-order valence-corrected chi connectivity index (χ3v) is 1.28. The van der Waals surface area contributed by atoms with Crippen LogP contribution in [0, 0.1) is 0 Å². The van der Waals surface area contributed by atoms with E-state index >= 15 is 0 Å². The number of carbonyl (C=O) groups excluding carboxylic acids is 1. The first kappa shape index (κ1) is 7.87. The van der Waals surface area contributed by atoms with Crippen LogP contribution < -0.4 is 0 Å². The Morgan fingerprint density at radius 3 is 3.00 bits per heavy atom. The second kappa shape index (κ2) is 3.25. The van der Waals surface area contributed by atoms with Crippen LogP contribution in [0.3, 0.4) is 0 Å². The SMILES string of the molecule is COCC(=O)c1cnnn1C. The van der Waals surface area contributed by atoms with Gasteiger partial charge in [-0.2, -0.15) is 0 Å². The molecule has 60 valence electrons. The van der Waals surface area contributed by atoms with E-state index in [1.54, 1.807) is 7.05 Å².